The number of nitrogens with one attached hydrogen (secondary N) is 2. The van der Waals surface area contributed by atoms with Crippen molar-refractivity contribution in [2.24, 2.45) is 0 Å². The van der Waals surface area contributed by atoms with E-state index in [-0.39, 0.29) is 15.1 Å². The van der Waals surface area contributed by atoms with Gasteiger partial charge in [-0.2, -0.15) is 4.94 Å². The van der Waals surface area contributed by atoms with Gasteiger partial charge >= 0.3 is 11.9 Å². The van der Waals surface area contributed by atoms with Gasteiger partial charge in [0.15, 0.2) is 0 Å². The minimum atomic E-state index is -4.37. The zero-order chi connectivity index (χ0) is 22.5. The second-order valence-corrected chi connectivity index (χ2v) is 8.00. The summed E-state index contributed by atoms with van der Waals surface area (Å²) in [7, 11) is -4.37. The molecule has 164 valence electrons. The minimum Gasteiger partial charge on any atom is -0.731 e. The number of halogens is 1. The number of rotatable bonds is 10. The lowest BCUT2D eigenvalue weighted by molar-refractivity contribution is -0.147. The van der Waals surface area contributed by atoms with Gasteiger partial charge in [-0.1, -0.05) is 11.6 Å². The van der Waals surface area contributed by atoms with E-state index in [2.05, 4.69) is 4.94 Å². The number of nitrogens with zero attached hydrogens (tertiary/aromatic N) is 1. The SMILES string of the molecule is O=C(O)C[C@H](NC(=O)CCOC1=C(S(=O)(=O)c2ccc(Cl)cc2)N([O-])ON1)C(=O)O. The van der Waals surface area contributed by atoms with Crippen LogP contribution in [0.3, 0.4) is 0 Å². The van der Waals surface area contributed by atoms with Crippen LogP contribution in [0.25, 0.3) is 0 Å². The Kier molecular flexibility index (Phi) is 7.44. The van der Waals surface area contributed by atoms with Crippen molar-refractivity contribution in [3.63, 3.8) is 0 Å². The number of hydrogen-bond acceptors (Lipinski definition) is 10. The van der Waals surface area contributed by atoms with Crippen molar-refractivity contribution in [1.82, 2.24) is 16.0 Å². The third kappa shape index (κ3) is 5.73. The minimum absolute atomic E-state index is 0.271. The lowest BCUT2D eigenvalue weighted by Crippen LogP contribution is -2.42. The first kappa shape index (κ1) is 23.2. The molecule has 2 rings (SSSR count). The summed E-state index contributed by atoms with van der Waals surface area (Å²) in [5.74, 6) is -4.43. The van der Waals surface area contributed by atoms with Gasteiger partial charge in [-0.05, 0) is 24.3 Å². The molecule has 1 amide bonds. The van der Waals surface area contributed by atoms with Crippen LogP contribution in [0.5, 0.6) is 0 Å². The van der Waals surface area contributed by atoms with Gasteiger partial charge in [-0.15, -0.1) is 0 Å². The molecule has 1 heterocycles. The molecule has 1 aromatic carbocycles. The molecule has 4 N–H and O–H groups in total. The first-order chi connectivity index (χ1) is 14.0. The monoisotopic (exact) mass is 464 g/mol. The number of carboxylic acids is 2. The van der Waals surface area contributed by atoms with Crippen molar-refractivity contribution in [2.45, 2.75) is 23.8 Å². The second-order valence-electron chi connectivity index (χ2n) is 5.70. The Morgan fingerprint density at radius 2 is 1.90 bits per heavy atom. The predicted molar refractivity (Wildman–Crippen MR) is 97.5 cm³/mol. The summed E-state index contributed by atoms with van der Waals surface area (Å²) in [5.41, 5.74) is 1.96. The molecule has 1 atom stereocenters. The molecule has 0 saturated carbocycles. The summed E-state index contributed by atoms with van der Waals surface area (Å²) in [4.78, 5) is 37.5. The van der Waals surface area contributed by atoms with Crippen molar-refractivity contribution >= 4 is 39.3 Å². The topological polar surface area (TPSA) is 195 Å². The van der Waals surface area contributed by atoms with Crippen LogP contribution in [-0.4, -0.2) is 54.4 Å². The van der Waals surface area contributed by atoms with Gasteiger partial charge in [0.05, 0.1) is 24.3 Å². The van der Waals surface area contributed by atoms with Crippen molar-refractivity contribution in [2.75, 3.05) is 6.61 Å². The molecular weight excluding hydrogens is 450 g/mol. The van der Waals surface area contributed by atoms with Gasteiger partial charge in [0.1, 0.15) is 6.04 Å². The normalized spacial score (nSPS) is 14.8. The van der Waals surface area contributed by atoms with Crippen LogP contribution in [0.2, 0.25) is 5.02 Å². The third-order valence-electron chi connectivity index (χ3n) is 3.55. The number of carboxylic acid groups (broad SMARTS) is 2. The summed E-state index contributed by atoms with van der Waals surface area (Å²) >= 11 is 5.71. The smallest absolute Gasteiger partial charge is 0.326 e. The molecule has 30 heavy (non-hydrogen) atoms. The average Bonchev–Trinajstić information content (AvgIpc) is 3.02. The molecule has 1 aliphatic rings. The van der Waals surface area contributed by atoms with Gasteiger partial charge in [0.25, 0.3) is 5.88 Å². The molecule has 15 heteroatoms. The molecule has 0 spiro atoms. The highest BCUT2D eigenvalue weighted by molar-refractivity contribution is 7.95. The van der Waals surface area contributed by atoms with Crippen LogP contribution in [0, 0.1) is 5.21 Å². The summed E-state index contributed by atoms with van der Waals surface area (Å²) < 4.78 is 30.4. The van der Waals surface area contributed by atoms with Crippen LogP contribution in [-0.2, 0) is 33.9 Å². The highest BCUT2D eigenvalue weighted by Crippen LogP contribution is 2.28. The lowest BCUT2D eigenvalue weighted by Gasteiger charge is -2.22. The molecule has 1 aromatic rings. The Bertz CT molecular complexity index is 963. The van der Waals surface area contributed by atoms with Crippen LogP contribution in [0.4, 0.5) is 0 Å². The maximum absolute atomic E-state index is 12.6. The summed E-state index contributed by atoms with van der Waals surface area (Å²) in [6, 6.07) is 3.27. The Morgan fingerprint density at radius 3 is 2.47 bits per heavy atom. The first-order valence-corrected chi connectivity index (χ1v) is 9.90. The number of hydrogen-bond donors (Lipinski definition) is 4. The second kappa shape index (κ2) is 9.62. The number of benzene rings is 1. The van der Waals surface area contributed by atoms with E-state index in [4.69, 9.17) is 26.6 Å². The summed E-state index contributed by atoms with van der Waals surface area (Å²) in [5, 5.41) is 30.3. The quantitative estimate of drug-likeness (QED) is 0.360. The molecule has 0 saturated heterocycles. The van der Waals surface area contributed by atoms with E-state index in [1.807, 2.05) is 10.8 Å². The number of carbonyl (C=O) groups is 3. The predicted octanol–water partition coefficient (Wildman–Crippen LogP) is -0.0593. The van der Waals surface area contributed by atoms with Crippen LogP contribution in [0.1, 0.15) is 12.8 Å². The van der Waals surface area contributed by atoms with Crippen molar-refractivity contribution < 1.29 is 42.7 Å². The molecule has 0 aliphatic carbocycles. The van der Waals surface area contributed by atoms with Crippen molar-refractivity contribution in [3.8, 4) is 0 Å². The van der Waals surface area contributed by atoms with E-state index in [0.29, 0.717) is 0 Å². The summed E-state index contributed by atoms with van der Waals surface area (Å²) in [6.07, 6.45) is -1.31. The number of hydroxylamine groups is 3. The van der Waals surface area contributed by atoms with Crippen LogP contribution in [0.15, 0.2) is 40.1 Å². The first-order valence-electron chi connectivity index (χ1n) is 8.04. The molecule has 0 unspecified atom stereocenters. The zero-order valence-electron chi connectivity index (χ0n) is 14.9. The molecule has 0 fully saturated rings. The van der Waals surface area contributed by atoms with E-state index >= 15 is 0 Å². The fourth-order valence-corrected chi connectivity index (χ4v) is 3.60. The van der Waals surface area contributed by atoms with Crippen molar-refractivity contribution in [1.29, 1.82) is 0 Å². The number of ether oxygens (including phenoxy) is 1. The summed E-state index contributed by atoms with van der Waals surface area (Å²) in [6.45, 7) is -0.482. The van der Waals surface area contributed by atoms with E-state index in [0.717, 1.165) is 12.1 Å². The maximum Gasteiger partial charge on any atom is 0.326 e. The molecule has 0 bridgehead atoms. The van der Waals surface area contributed by atoms with E-state index in [1.165, 1.54) is 12.1 Å². The molecular formula is C15H15ClN3O10S-. The van der Waals surface area contributed by atoms with Gasteiger partial charge in [0, 0.05) is 5.02 Å². The van der Waals surface area contributed by atoms with Gasteiger partial charge in [-0.25, -0.2) is 18.7 Å². The maximum atomic E-state index is 12.6. The molecule has 0 radical (unpaired) electrons. The van der Waals surface area contributed by atoms with E-state index < -0.39 is 64.1 Å². The number of carbonyl (C=O) groups excluding carboxylic acids is 1. The lowest BCUT2D eigenvalue weighted by atomic mass is 10.2. The number of sulfone groups is 1. The highest BCUT2D eigenvalue weighted by atomic mass is 35.5. The Hall–Kier alpha value is -3.07. The molecule has 0 aromatic heterocycles. The van der Waals surface area contributed by atoms with E-state index in [9.17, 15) is 28.0 Å². The highest BCUT2D eigenvalue weighted by Gasteiger charge is 2.33. The third-order valence-corrected chi connectivity index (χ3v) is 5.54. The standard InChI is InChI=1S/C15H15ClN3O10S/c16-8-1-3-9(4-2-8)30(26,27)14-13(18-29-19(14)25)28-6-5-11(20)17-10(15(23)24)7-12(21)22/h1-4,10,18H,5-7H2,(H,17,20)(H,21,22)(H,23,24)/q-1/t10-/m0/s1. The number of amides is 1. The van der Waals surface area contributed by atoms with Gasteiger partial charge in [0.2, 0.25) is 20.8 Å². The fourth-order valence-electron chi connectivity index (χ4n) is 2.17. The molecule has 13 nitrogen and oxygen atoms in total. The Balaban J connectivity index is 2.06. The van der Waals surface area contributed by atoms with Gasteiger partial charge < -0.3 is 25.5 Å². The van der Waals surface area contributed by atoms with E-state index in [1.54, 1.807) is 0 Å². The van der Waals surface area contributed by atoms with Crippen LogP contribution >= 0.6 is 11.6 Å². The largest absolute Gasteiger partial charge is 0.731 e. The Morgan fingerprint density at radius 1 is 1.27 bits per heavy atom. The fraction of sp³-hybridized carbons (Fsp3) is 0.267. The van der Waals surface area contributed by atoms with Crippen LogP contribution < -0.4 is 10.8 Å². The van der Waals surface area contributed by atoms with Gasteiger partial charge in [-0.3, -0.25) is 14.8 Å². The number of aliphatic carboxylic acids is 2. The van der Waals surface area contributed by atoms with Crippen molar-refractivity contribution in [3.05, 3.63) is 45.4 Å². The molecule has 1 aliphatic heterocycles. The average molecular weight is 465 g/mol. The zero-order valence-corrected chi connectivity index (χ0v) is 16.5. The Labute approximate surface area is 174 Å².